The van der Waals surface area contributed by atoms with Crippen molar-refractivity contribution in [1.82, 2.24) is 0 Å². The van der Waals surface area contributed by atoms with E-state index < -0.39 is 40.5 Å². The largest absolute Gasteiger partial charge is 2.00 e. The molecule has 10 rings (SSSR count). The summed E-state index contributed by atoms with van der Waals surface area (Å²) in [7, 11) is -17.6. The first kappa shape index (κ1) is 73.2. The van der Waals surface area contributed by atoms with E-state index in [0.29, 0.717) is 52.4 Å². The molecule has 2 aliphatic rings. The molecule has 0 saturated heterocycles. The van der Waals surface area contributed by atoms with Gasteiger partial charge in [-0.15, -0.1) is 0 Å². The summed E-state index contributed by atoms with van der Waals surface area (Å²) in [5.41, 5.74) is 15.2. The number of benzene rings is 8. The standard InChI is InChI=1S/2C37H36N2O6S2.Ba/c2*1-3-38(26-28-10-8-14-35(24-28)46(40,41)42)33-20-16-31(17-21-33)37(30-12-6-5-7-13-30)32-18-22-34(23-19-32)39(4-2)27-29-11-9-15-36(25-29)47(43,44)45;/h2*5-25H,3-4,26-27H2,1-2H3,(H-,40,41,42,43,44,45);/q;;+2. The van der Waals surface area contributed by atoms with Crippen molar-refractivity contribution in [2.75, 3.05) is 36.0 Å². The average molecular weight is 1480 g/mol. The minimum atomic E-state index is -4.53. The Morgan fingerprint density at radius 3 is 0.958 bits per heavy atom. The Morgan fingerprint density at radius 2 is 0.663 bits per heavy atom. The van der Waals surface area contributed by atoms with Crippen molar-refractivity contribution < 1.29 is 61.0 Å². The van der Waals surface area contributed by atoms with E-state index in [1.807, 2.05) is 113 Å². The van der Waals surface area contributed by atoms with E-state index in [4.69, 9.17) is 0 Å². The molecule has 0 heterocycles. The number of hydrogen-bond donors (Lipinski definition) is 2. The Hall–Kier alpha value is -7.65. The SMILES string of the molecule is CCN(Cc1cccc(S(=O)(=O)[O-])c1)c1ccc(C(=C2C=CC(=[N+](CC)Cc3cccc(S(=O)(=O)O)c3)C=C2)c2ccccc2)cc1.CCN(Cc1cccc(S(=O)(=O)[O-])c1)c1ccc(C(=C2C=CC(=[N+](CC)Cc3cccc(S(=O)(=O)O)c3)C=C2)c2ccccc2)cc1.[Ba+2]. The van der Waals surface area contributed by atoms with E-state index in [9.17, 15) is 51.9 Å². The number of anilines is 2. The fourth-order valence-electron chi connectivity index (χ4n) is 11.2. The number of allylic oxidation sites excluding steroid dienone is 10. The van der Waals surface area contributed by atoms with Crippen LogP contribution in [-0.4, -0.2) is 148 Å². The third kappa shape index (κ3) is 19.8. The maximum atomic E-state index is 11.6. The number of hydrogen-bond acceptors (Lipinski definition) is 12. The Balaban J connectivity index is 0.000000241. The van der Waals surface area contributed by atoms with Gasteiger partial charge in [-0.2, -0.15) is 16.8 Å². The van der Waals surface area contributed by atoms with E-state index in [2.05, 4.69) is 116 Å². The van der Waals surface area contributed by atoms with Crippen LogP contribution in [0.15, 0.2) is 286 Å². The van der Waals surface area contributed by atoms with Gasteiger partial charge in [-0.05, 0) is 180 Å². The van der Waals surface area contributed by atoms with E-state index in [1.54, 1.807) is 24.3 Å². The second kappa shape index (κ2) is 32.9. The van der Waals surface area contributed by atoms with E-state index in [-0.39, 0.29) is 68.5 Å². The predicted octanol–water partition coefficient (Wildman–Crippen LogP) is 12.5. The summed E-state index contributed by atoms with van der Waals surface area (Å²) in [4.78, 5) is 3.51. The van der Waals surface area contributed by atoms with Crippen LogP contribution in [0.5, 0.6) is 0 Å². The molecule has 0 bridgehead atoms. The molecular weight excluding hydrogens is 1400 g/mol. The van der Waals surface area contributed by atoms with Crippen molar-refractivity contribution >= 4 is 123 Å². The Morgan fingerprint density at radius 1 is 0.368 bits per heavy atom. The van der Waals surface area contributed by atoms with Crippen LogP contribution in [0, 0.1) is 0 Å². The maximum absolute atomic E-state index is 11.6. The van der Waals surface area contributed by atoms with Crippen molar-refractivity contribution in [3.8, 4) is 0 Å². The Bertz CT molecular complexity index is 4480. The van der Waals surface area contributed by atoms with Gasteiger partial charge in [0.1, 0.15) is 33.3 Å². The van der Waals surface area contributed by atoms with Crippen molar-refractivity contribution in [2.45, 2.75) is 73.5 Å². The fourth-order valence-corrected chi connectivity index (χ4v) is 13.4. The second-order valence-corrected chi connectivity index (χ2v) is 27.8. The molecule has 8 aromatic carbocycles. The van der Waals surface area contributed by atoms with Crippen LogP contribution in [0.3, 0.4) is 0 Å². The van der Waals surface area contributed by atoms with Crippen LogP contribution in [0.1, 0.15) is 72.2 Å². The smallest absolute Gasteiger partial charge is 0.744 e. The molecule has 0 atom stereocenters. The van der Waals surface area contributed by atoms with Gasteiger partial charge in [0.25, 0.3) is 20.2 Å². The molecule has 2 aliphatic carbocycles. The quantitative estimate of drug-likeness (QED) is 0.0365. The maximum Gasteiger partial charge on any atom is 2.00 e. The summed E-state index contributed by atoms with van der Waals surface area (Å²) >= 11 is 0. The first-order valence-electron chi connectivity index (χ1n) is 30.4. The molecule has 0 spiro atoms. The molecule has 484 valence electrons. The zero-order valence-corrected chi connectivity index (χ0v) is 60.7. The van der Waals surface area contributed by atoms with Gasteiger partial charge in [0.05, 0.1) is 19.6 Å². The number of rotatable bonds is 22. The molecule has 0 aliphatic heterocycles. The van der Waals surface area contributed by atoms with E-state index in [1.165, 1.54) is 48.5 Å². The third-order valence-corrected chi connectivity index (χ3v) is 19.4. The monoisotopic (exact) mass is 1470 g/mol. The zero-order valence-electron chi connectivity index (χ0n) is 53.0. The van der Waals surface area contributed by atoms with Crippen molar-refractivity contribution in [2.24, 2.45) is 0 Å². The van der Waals surface area contributed by atoms with Gasteiger partial charge in [-0.1, -0.05) is 133 Å². The molecule has 21 heteroatoms. The zero-order chi connectivity index (χ0) is 67.2. The molecule has 0 unspecified atom stereocenters. The summed E-state index contributed by atoms with van der Waals surface area (Å²) in [6.45, 7) is 12.7. The van der Waals surface area contributed by atoms with Crippen LogP contribution in [-0.2, 0) is 66.7 Å². The summed E-state index contributed by atoms with van der Waals surface area (Å²) < 4.78 is 139. The number of nitrogens with zero attached hydrogens (tertiary/aromatic N) is 4. The van der Waals surface area contributed by atoms with Gasteiger partial charge in [-0.3, -0.25) is 9.11 Å². The van der Waals surface area contributed by atoms with Gasteiger partial charge in [-0.25, -0.2) is 26.0 Å². The summed E-state index contributed by atoms with van der Waals surface area (Å²) in [5, 5.41) is 0. The van der Waals surface area contributed by atoms with Crippen LogP contribution in [0.25, 0.3) is 11.1 Å². The first-order chi connectivity index (χ1) is 44.9. The van der Waals surface area contributed by atoms with Crippen LogP contribution in [0.2, 0.25) is 0 Å². The molecule has 0 saturated carbocycles. The minimum absolute atomic E-state index is 0. The van der Waals surface area contributed by atoms with Gasteiger partial charge in [0.15, 0.2) is 24.5 Å². The molecule has 0 radical (unpaired) electrons. The molecule has 2 N–H and O–H groups in total. The van der Waals surface area contributed by atoms with Crippen LogP contribution < -0.4 is 9.80 Å². The second-order valence-electron chi connectivity index (χ2n) is 22.2. The van der Waals surface area contributed by atoms with E-state index >= 15 is 0 Å². The molecule has 8 aromatic rings. The Labute approximate surface area is 598 Å². The molecule has 0 fully saturated rings. The molecule has 0 amide bonds. The molecular formula is C74H72BaN4O12S4+2. The average Bonchev–Trinajstić information content (AvgIpc) is 0.842. The fraction of sp³-hybridized carbons (Fsp3) is 0.162. The van der Waals surface area contributed by atoms with E-state index in [0.717, 1.165) is 89.6 Å². The van der Waals surface area contributed by atoms with Gasteiger partial charge in [0, 0.05) is 73.0 Å². The third-order valence-electron chi connectivity index (χ3n) is 16.0. The molecule has 0 aromatic heterocycles. The summed E-state index contributed by atoms with van der Waals surface area (Å²) in [5.74, 6) is 0. The minimum Gasteiger partial charge on any atom is -0.744 e. The topological polar surface area (TPSA) is 236 Å². The Kier molecular flexibility index (Phi) is 25.3. The summed E-state index contributed by atoms with van der Waals surface area (Å²) in [6, 6.07) is 61.7. The van der Waals surface area contributed by atoms with Crippen molar-refractivity contribution in [3.63, 3.8) is 0 Å². The summed E-state index contributed by atoms with van der Waals surface area (Å²) in [6.07, 6.45) is 16.5. The first-order valence-corrected chi connectivity index (χ1v) is 36.1. The molecule has 16 nitrogen and oxygen atoms in total. The van der Waals surface area contributed by atoms with Gasteiger partial charge < -0.3 is 18.9 Å². The normalized spacial score (nSPS) is 13.0. The predicted molar refractivity (Wildman–Crippen MR) is 374 cm³/mol. The van der Waals surface area contributed by atoms with Crippen molar-refractivity contribution in [3.05, 3.63) is 311 Å². The molecule has 95 heavy (non-hydrogen) atoms. The van der Waals surface area contributed by atoms with Crippen molar-refractivity contribution in [1.29, 1.82) is 0 Å². The van der Waals surface area contributed by atoms with Crippen LogP contribution in [0.4, 0.5) is 11.4 Å². The van der Waals surface area contributed by atoms with Gasteiger partial charge in [0.2, 0.25) is 0 Å². The van der Waals surface area contributed by atoms with Crippen LogP contribution >= 0.6 is 0 Å². The van der Waals surface area contributed by atoms with Gasteiger partial charge >= 0.3 is 48.9 Å².